The second-order valence-electron chi connectivity index (χ2n) is 8.05. The quantitative estimate of drug-likeness (QED) is 0.610. The maximum absolute atomic E-state index is 13.0. The molecule has 1 aliphatic rings. The minimum Gasteiger partial charge on any atom is -0.494 e. The number of sulfonamides is 1. The van der Waals surface area contributed by atoms with Crippen molar-refractivity contribution in [3.05, 3.63) is 54.1 Å². The number of hydrogen-bond acceptors (Lipinski definition) is 5. The number of fused-ring (bicyclic) bond motifs is 1. The molecule has 0 spiro atoms. The summed E-state index contributed by atoms with van der Waals surface area (Å²) >= 11 is 0. The Labute approximate surface area is 190 Å². The molecule has 7 nitrogen and oxygen atoms in total. The molecule has 0 bridgehead atoms. The second kappa shape index (κ2) is 9.81. The summed E-state index contributed by atoms with van der Waals surface area (Å²) in [6, 6.07) is 14.1. The van der Waals surface area contributed by atoms with E-state index < -0.39 is 10.0 Å². The van der Waals surface area contributed by atoms with Crippen LogP contribution in [0.15, 0.2) is 48.5 Å². The number of anilines is 1. The summed E-state index contributed by atoms with van der Waals surface area (Å²) in [6.45, 7) is 6.24. The van der Waals surface area contributed by atoms with Crippen molar-refractivity contribution < 1.29 is 22.7 Å². The van der Waals surface area contributed by atoms with Crippen LogP contribution >= 0.6 is 0 Å². The van der Waals surface area contributed by atoms with Gasteiger partial charge in [-0.2, -0.15) is 0 Å². The molecule has 0 fully saturated rings. The monoisotopic (exact) mass is 460 g/mol. The van der Waals surface area contributed by atoms with Gasteiger partial charge in [-0.1, -0.05) is 32.0 Å². The van der Waals surface area contributed by atoms with Gasteiger partial charge in [0.25, 0.3) is 0 Å². The number of carbonyl (C=O) groups is 1. The van der Waals surface area contributed by atoms with Gasteiger partial charge in [0.1, 0.15) is 23.6 Å². The van der Waals surface area contributed by atoms with Crippen LogP contribution in [0.5, 0.6) is 11.5 Å². The number of para-hydroxylation sites is 1. The van der Waals surface area contributed by atoms with Gasteiger partial charge in [0, 0.05) is 12.0 Å². The normalized spacial score (nSPS) is 17.1. The molecule has 0 saturated carbocycles. The maximum atomic E-state index is 13.0. The number of nitrogens with zero attached hydrogens (tertiary/aromatic N) is 1. The van der Waals surface area contributed by atoms with Gasteiger partial charge in [0.2, 0.25) is 15.9 Å². The number of rotatable bonds is 9. The van der Waals surface area contributed by atoms with E-state index in [9.17, 15) is 13.2 Å². The number of ether oxygens (including phenoxy) is 2. The van der Waals surface area contributed by atoms with E-state index in [1.807, 2.05) is 31.2 Å². The molecule has 0 radical (unpaired) electrons. The minimum absolute atomic E-state index is 0.255. The Morgan fingerprint density at radius 2 is 1.78 bits per heavy atom. The van der Waals surface area contributed by atoms with Crippen molar-refractivity contribution in [2.45, 2.75) is 51.7 Å². The molecule has 1 amide bonds. The first kappa shape index (κ1) is 23.9. The fraction of sp³-hybridized carbons (Fsp3) is 0.458. The lowest BCUT2D eigenvalue weighted by Gasteiger charge is -2.41. The number of hydrogen-bond donors (Lipinski definition) is 1. The fourth-order valence-electron chi connectivity index (χ4n) is 4.08. The van der Waals surface area contributed by atoms with E-state index in [1.54, 1.807) is 24.3 Å². The van der Waals surface area contributed by atoms with Crippen LogP contribution in [0.1, 0.15) is 51.6 Å². The summed E-state index contributed by atoms with van der Waals surface area (Å²) in [4.78, 5) is 13.0. The summed E-state index contributed by atoms with van der Waals surface area (Å²) < 4.78 is 37.7. The Bertz CT molecular complexity index is 1030. The summed E-state index contributed by atoms with van der Waals surface area (Å²) in [5.74, 6) is 1.04. The molecule has 0 aliphatic carbocycles. The van der Waals surface area contributed by atoms with Crippen LogP contribution in [-0.4, -0.2) is 39.3 Å². The Balaban J connectivity index is 1.81. The SMILES string of the molecule is CCOc1ccc(N(CC(=O)NC2CC(CC)(CC)Oc3ccccc32)S(C)(=O)=O)cc1. The predicted octanol–water partition coefficient (Wildman–Crippen LogP) is 4.05. The standard InChI is InChI=1S/C24H32N2O5S/c1-5-24(6-2)16-21(20-10-8-9-11-22(20)31-24)25-23(27)17-26(32(4,28)29)18-12-14-19(15-13-18)30-7-3/h8-15,21H,5-7,16-17H2,1-4H3,(H,25,27). The van der Waals surface area contributed by atoms with Crippen molar-refractivity contribution in [3.63, 3.8) is 0 Å². The van der Waals surface area contributed by atoms with Crippen molar-refractivity contribution in [2.75, 3.05) is 23.7 Å². The topological polar surface area (TPSA) is 84.9 Å². The van der Waals surface area contributed by atoms with E-state index in [-0.39, 0.29) is 24.1 Å². The van der Waals surface area contributed by atoms with Gasteiger partial charge < -0.3 is 14.8 Å². The molecular weight excluding hydrogens is 428 g/mol. The molecular formula is C24H32N2O5S. The van der Waals surface area contributed by atoms with E-state index in [0.717, 1.165) is 34.7 Å². The average Bonchev–Trinajstić information content (AvgIpc) is 2.77. The zero-order valence-corrected chi connectivity index (χ0v) is 19.9. The van der Waals surface area contributed by atoms with Gasteiger partial charge >= 0.3 is 0 Å². The maximum Gasteiger partial charge on any atom is 0.241 e. The summed E-state index contributed by atoms with van der Waals surface area (Å²) in [6.07, 6.45) is 3.35. The van der Waals surface area contributed by atoms with Crippen LogP contribution in [-0.2, 0) is 14.8 Å². The lowest BCUT2D eigenvalue weighted by Crippen LogP contribution is -2.47. The number of carbonyl (C=O) groups excluding carboxylic acids is 1. The van der Waals surface area contributed by atoms with Crippen LogP contribution in [0.4, 0.5) is 5.69 Å². The molecule has 2 aromatic carbocycles. The van der Waals surface area contributed by atoms with Gasteiger partial charge in [0.15, 0.2) is 0 Å². The zero-order valence-electron chi connectivity index (χ0n) is 19.1. The summed E-state index contributed by atoms with van der Waals surface area (Å²) in [5.41, 5.74) is 0.957. The first-order chi connectivity index (χ1) is 15.2. The lowest BCUT2D eigenvalue weighted by molar-refractivity contribution is -0.121. The van der Waals surface area contributed by atoms with Crippen molar-refractivity contribution in [3.8, 4) is 11.5 Å². The largest absolute Gasteiger partial charge is 0.494 e. The van der Waals surface area contributed by atoms with Crippen molar-refractivity contribution >= 4 is 21.6 Å². The first-order valence-corrected chi connectivity index (χ1v) is 12.8. The van der Waals surface area contributed by atoms with Crippen LogP contribution in [0.2, 0.25) is 0 Å². The summed E-state index contributed by atoms with van der Waals surface area (Å²) in [7, 11) is -3.66. The van der Waals surface area contributed by atoms with E-state index in [1.165, 1.54) is 0 Å². The highest BCUT2D eigenvalue weighted by Crippen LogP contribution is 2.42. The van der Waals surface area contributed by atoms with E-state index in [4.69, 9.17) is 9.47 Å². The predicted molar refractivity (Wildman–Crippen MR) is 126 cm³/mol. The number of amides is 1. The van der Waals surface area contributed by atoms with Gasteiger partial charge in [-0.15, -0.1) is 0 Å². The lowest BCUT2D eigenvalue weighted by atomic mass is 9.83. The molecule has 1 atom stereocenters. The Morgan fingerprint density at radius 1 is 1.12 bits per heavy atom. The Morgan fingerprint density at radius 3 is 2.38 bits per heavy atom. The van der Waals surface area contributed by atoms with Gasteiger partial charge in [-0.3, -0.25) is 9.10 Å². The third-order valence-electron chi connectivity index (χ3n) is 5.94. The minimum atomic E-state index is -3.66. The molecule has 1 aliphatic heterocycles. The van der Waals surface area contributed by atoms with Crippen molar-refractivity contribution in [1.82, 2.24) is 5.32 Å². The Hall–Kier alpha value is -2.74. The van der Waals surface area contributed by atoms with Crippen LogP contribution < -0.4 is 19.1 Å². The molecule has 1 unspecified atom stereocenters. The highest BCUT2D eigenvalue weighted by molar-refractivity contribution is 7.92. The average molecular weight is 461 g/mol. The van der Waals surface area contributed by atoms with Crippen molar-refractivity contribution in [1.29, 1.82) is 0 Å². The van der Waals surface area contributed by atoms with Crippen LogP contribution in [0.25, 0.3) is 0 Å². The second-order valence-corrected chi connectivity index (χ2v) is 9.96. The van der Waals surface area contributed by atoms with E-state index in [0.29, 0.717) is 24.5 Å². The summed E-state index contributed by atoms with van der Waals surface area (Å²) in [5, 5.41) is 3.05. The third kappa shape index (κ3) is 5.35. The molecule has 2 aromatic rings. The number of nitrogens with one attached hydrogen (secondary N) is 1. The smallest absolute Gasteiger partial charge is 0.241 e. The van der Waals surface area contributed by atoms with Crippen molar-refractivity contribution in [2.24, 2.45) is 0 Å². The van der Waals surface area contributed by atoms with E-state index >= 15 is 0 Å². The molecule has 0 saturated heterocycles. The zero-order chi connectivity index (χ0) is 23.4. The first-order valence-electron chi connectivity index (χ1n) is 11.0. The van der Waals surface area contributed by atoms with Gasteiger partial charge in [0.05, 0.1) is 24.6 Å². The van der Waals surface area contributed by atoms with E-state index in [2.05, 4.69) is 19.2 Å². The highest BCUT2D eigenvalue weighted by atomic mass is 32.2. The van der Waals surface area contributed by atoms with Crippen LogP contribution in [0.3, 0.4) is 0 Å². The van der Waals surface area contributed by atoms with Gasteiger partial charge in [-0.05, 0) is 50.1 Å². The molecule has 3 rings (SSSR count). The fourth-order valence-corrected chi connectivity index (χ4v) is 4.93. The molecule has 8 heteroatoms. The number of benzene rings is 2. The molecule has 1 heterocycles. The molecule has 0 aromatic heterocycles. The third-order valence-corrected chi connectivity index (χ3v) is 7.08. The van der Waals surface area contributed by atoms with Crippen LogP contribution in [0, 0.1) is 0 Å². The highest BCUT2D eigenvalue weighted by Gasteiger charge is 2.39. The molecule has 174 valence electrons. The molecule has 1 N–H and O–H groups in total. The van der Waals surface area contributed by atoms with Gasteiger partial charge in [-0.25, -0.2) is 8.42 Å². The Kier molecular flexibility index (Phi) is 7.33. The molecule has 32 heavy (non-hydrogen) atoms.